The summed E-state index contributed by atoms with van der Waals surface area (Å²) in [4.78, 5) is 14.2. The molecular formula is C14H28N2O. The third-order valence-electron chi connectivity index (χ3n) is 4.22. The summed E-state index contributed by atoms with van der Waals surface area (Å²) in [6.45, 7) is 7.54. The largest absolute Gasteiger partial charge is 0.358 e. The van der Waals surface area contributed by atoms with Crippen LogP contribution in [0.25, 0.3) is 0 Å². The van der Waals surface area contributed by atoms with Crippen molar-refractivity contribution in [1.82, 2.24) is 10.2 Å². The molecule has 1 amide bonds. The number of hydrogen-bond donors (Lipinski definition) is 1. The molecule has 3 nitrogen and oxygen atoms in total. The van der Waals surface area contributed by atoms with E-state index in [9.17, 15) is 4.79 Å². The van der Waals surface area contributed by atoms with Crippen LogP contribution in [0, 0.1) is 5.92 Å². The number of carbonyl (C=O) groups is 1. The number of likely N-dealkylation sites (N-methyl/N-ethyl adjacent to an activating group) is 1. The molecule has 0 bridgehead atoms. The molecule has 0 aromatic carbocycles. The average Bonchev–Trinajstić information content (AvgIpc) is 2.86. The first-order valence-electron chi connectivity index (χ1n) is 7.07. The smallest absolute Gasteiger partial charge is 0.236 e. The van der Waals surface area contributed by atoms with Crippen molar-refractivity contribution < 1.29 is 4.79 Å². The van der Waals surface area contributed by atoms with Crippen molar-refractivity contribution in [2.45, 2.75) is 65.0 Å². The molecule has 0 radical (unpaired) electrons. The quantitative estimate of drug-likeness (QED) is 0.773. The highest BCUT2D eigenvalue weighted by Gasteiger charge is 2.27. The number of nitrogens with one attached hydrogen (secondary N) is 1. The van der Waals surface area contributed by atoms with E-state index >= 15 is 0 Å². The Morgan fingerprint density at radius 1 is 1.35 bits per heavy atom. The molecule has 2 atom stereocenters. The molecule has 0 spiro atoms. The molecular weight excluding hydrogens is 212 g/mol. The van der Waals surface area contributed by atoms with Crippen molar-refractivity contribution >= 4 is 5.91 Å². The molecule has 1 rings (SSSR count). The maximum Gasteiger partial charge on any atom is 0.236 e. The van der Waals surface area contributed by atoms with Crippen LogP contribution in [0.5, 0.6) is 0 Å². The number of amides is 1. The standard InChI is InChI=1S/C14H28N2O/c1-5-11(2)16(12(3)14(17)15-4)10-13-8-6-7-9-13/h11-13H,5-10H2,1-4H3,(H,15,17)/t11-,12-/m0/s1. The van der Waals surface area contributed by atoms with Gasteiger partial charge < -0.3 is 5.32 Å². The van der Waals surface area contributed by atoms with E-state index in [0.717, 1.165) is 18.9 Å². The molecule has 1 fully saturated rings. The van der Waals surface area contributed by atoms with Crippen LogP contribution >= 0.6 is 0 Å². The van der Waals surface area contributed by atoms with Gasteiger partial charge in [-0.1, -0.05) is 19.8 Å². The Morgan fingerprint density at radius 3 is 2.41 bits per heavy atom. The lowest BCUT2D eigenvalue weighted by atomic mass is 10.0. The molecule has 3 heteroatoms. The predicted molar refractivity (Wildman–Crippen MR) is 71.9 cm³/mol. The fourth-order valence-electron chi connectivity index (χ4n) is 2.80. The third kappa shape index (κ3) is 3.98. The van der Waals surface area contributed by atoms with Crippen LogP contribution in [0.2, 0.25) is 0 Å². The Labute approximate surface area is 106 Å². The number of carbonyl (C=O) groups excluding carboxylic acids is 1. The van der Waals surface area contributed by atoms with E-state index in [1.165, 1.54) is 25.7 Å². The summed E-state index contributed by atoms with van der Waals surface area (Å²) in [5, 5.41) is 2.77. The third-order valence-corrected chi connectivity index (χ3v) is 4.22. The average molecular weight is 240 g/mol. The van der Waals surface area contributed by atoms with Crippen LogP contribution < -0.4 is 5.32 Å². The Bertz CT molecular complexity index is 236. The van der Waals surface area contributed by atoms with Gasteiger partial charge in [0.25, 0.3) is 0 Å². The van der Waals surface area contributed by atoms with E-state index in [0.29, 0.717) is 6.04 Å². The highest BCUT2D eigenvalue weighted by molar-refractivity contribution is 5.81. The van der Waals surface area contributed by atoms with Crippen LogP contribution in [-0.4, -0.2) is 36.5 Å². The van der Waals surface area contributed by atoms with Gasteiger partial charge in [-0.15, -0.1) is 0 Å². The number of rotatable bonds is 6. The lowest BCUT2D eigenvalue weighted by Gasteiger charge is -2.35. The van der Waals surface area contributed by atoms with E-state index in [1.54, 1.807) is 7.05 Å². The minimum Gasteiger partial charge on any atom is -0.358 e. The van der Waals surface area contributed by atoms with E-state index in [4.69, 9.17) is 0 Å². The molecule has 1 saturated carbocycles. The number of hydrogen-bond acceptors (Lipinski definition) is 2. The monoisotopic (exact) mass is 240 g/mol. The summed E-state index contributed by atoms with van der Waals surface area (Å²) >= 11 is 0. The molecule has 0 aromatic heterocycles. The second kappa shape index (κ2) is 7.00. The summed E-state index contributed by atoms with van der Waals surface area (Å²) in [5.74, 6) is 0.944. The van der Waals surface area contributed by atoms with Gasteiger partial charge in [-0.2, -0.15) is 0 Å². The minimum absolute atomic E-state index is 0.00412. The van der Waals surface area contributed by atoms with Crippen LogP contribution in [-0.2, 0) is 4.79 Å². The maximum atomic E-state index is 11.8. The first-order chi connectivity index (χ1) is 8.10. The molecule has 0 aliphatic heterocycles. The topological polar surface area (TPSA) is 32.3 Å². The van der Waals surface area contributed by atoms with Gasteiger partial charge in [0.1, 0.15) is 0 Å². The zero-order chi connectivity index (χ0) is 12.8. The first-order valence-corrected chi connectivity index (χ1v) is 7.07. The summed E-state index contributed by atoms with van der Waals surface area (Å²) in [7, 11) is 1.73. The second-order valence-corrected chi connectivity index (χ2v) is 5.39. The van der Waals surface area contributed by atoms with Gasteiger partial charge in [-0.3, -0.25) is 9.69 Å². The molecule has 17 heavy (non-hydrogen) atoms. The SMILES string of the molecule is CC[C@H](C)N(CC1CCCC1)[C@@H](C)C(=O)NC. The predicted octanol–water partition coefficient (Wildman–Crippen LogP) is 2.41. The molecule has 1 aliphatic carbocycles. The Kier molecular flexibility index (Phi) is 5.96. The van der Waals surface area contributed by atoms with Gasteiger partial charge in [0.15, 0.2) is 0 Å². The lowest BCUT2D eigenvalue weighted by Crippen LogP contribution is -2.49. The zero-order valence-corrected chi connectivity index (χ0v) is 11.8. The Morgan fingerprint density at radius 2 is 1.94 bits per heavy atom. The van der Waals surface area contributed by atoms with Crippen LogP contribution in [0.3, 0.4) is 0 Å². The fraction of sp³-hybridized carbons (Fsp3) is 0.929. The van der Waals surface area contributed by atoms with Gasteiger partial charge in [-0.05, 0) is 39.0 Å². The van der Waals surface area contributed by atoms with Gasteiger partial charge in [0, 0.05) is 19.6 Å². The lowest BCUT2D eigenvalue weighted by molar-refractivity contribution is -0.126. The van der Waals surface area contributed by atoms with E-state index in [2.05, 4.69) is 24.1 Å². The maximum absolute atomic E-state index is 11.8. The normalized spacial score (nSPS) is 20.5. The first kappa shape index (κ1) is 14.5. The zero-order valence-electron chi connectivity index (χ0n) is 11.8. The van der Waals surface area contributed by atoms with E-state index in [-0.39, 0.29) is 11.9 Å². The Balaban J connectivity index is 2.61. The number of nitrogens with zero attached hydrogens (tertiary/aromatic N) is 1. The van der Waals surface area contributed by atoms with E-state index in [1.807, 2.05) is 6.92 Å². The highest BCUT2D eigenvalue weighted by Crippen LogP contribution is 2.27. The molecule has 1 N–H and O–H groups in total. The summed E-state index contributed by atoms with van der Waals surface area (Å²) in [6.07, 6.45) is 6.52. The van der Waals surface area contributed by atoms with Crippen LogP contribution in [0.15, 0.2) is 0 Å². The minimum atomic E-state index is -0.00412. The van der Waals surface area contributed by atoms with Crippen LogP contribution in [0.1, 0.15) is 52.9 Å². The highest BCUT2D eigenvalue weighted by atomic mass is 16.2. The molecule has 0 unspecified atom stereocenters. The van der Waals surface area contributed by atoms with E-state index < -0.39 is 0 Å². The van der Waals surface area contributed by atoms with Gasteiger partial charge in [0.2, 0.25) is 5.91 Å². The Hall–Kier alpha value is -0.570. The summed E-state index contributed by atoms with van der Waals surface area (Å²) in [5.41, 5.74) is 0. The van der Waals surface area contributed by atoms with Crippen molar-refractivity contribution in [2.24, 2.45) is 5.92 Å². The molecule has 100 valence electrons. The van der Waals surface area contributed by atoms with Crippen LogP contribution in [0.4, 0.5) is 0 Å². The summed E-state index contributed by atoms with van der Waals surface area (Å²) in [6, 6.07) is 0.485. The van der Waals surface area contributed by atoms with Crippen molar-refractivity contribution in [2.75, 3.05) is 13.6 Å². The summed E-state index contributed by atoms with van der Waals surface area (Å²) < 4.78 is 0. The molecule has 0 saturated heterocycles. The molecule has 0 aromatic rings. The fourth-order valence-corrected chi connectivity index (χ4v) is 2.80. The van der Waals surface area contributed by atoms with Gasteiger partial charge in [-0.25, -0.2) is 0 Å². The second-order valence-electron chi connectivity index (χ2n) is 5.39. The van der Waals surface area contributed by atoms with Crippen molar-refractivity contribution in [3.63, 3.8) is 0 Å². The van der Waals surface area contributed by atoms with Gasteiger partial charge in [0.05, 0.1) is 6.04 Å². The van der Waals surface area contributed by atoms with Crippen molar-refractivity contribution in [1.29, 1.82) is 0 Å². The van der Waals surface area contributed by atoms with Crippen molar-refractivity contribution in [3.05, 3.63) is 0 Å². The molecule has 1 aliphatic rings. The molecule has 0 heterocycles. The van der Waals surface area contributed by atoms with Crippen molar-refractivity contribution in [3.8, 4) is 0 Å². The van der Waals surface area contributed by atoms with Gasteiger partial charge >= 0.3 is 0 Å².